The molecule has 138 valence electrons. The maximum atomic E-state index is 12.6. The Morgan fingerprint density at radius 3 is 2.69 bits per heavy atom. The summed E-state index contributed by atoms with van der Waals surface area (Å²) in [7, 11) is 3.06. The first-order chi connectivity index (χ1) is 12.5. The van der Waals surface area contributed by atoms with Crippen molar-refractivity contribution in [2.24, 2.45) is 5.92 Å². The molecule has 1 saturated heterocycles. The van der Waals surface area contributed by atoms with Gasteiger partial charge in [0.2, 0.25) is 5.91 Å². The van der Waals surface area contributed by atoms with Crippen molar-refractivity contribution >= 4 is 11.9 Å². The molecule has 2 aromatic rings. The average molecular weight is 359 g/mol. The Hall–Kier alpha value is -3.03. The van der Waals surface area contributed by atoms with Crippen LogP contribution in [-0.4, -0.2) is 58.7 Å². The van der Waals surface area contributed by atoms with Gasteiger partial charge in [-0.2, -0.15) is 0 Å². The maximum absolute atomic E-state index is 12.6. The van der Waals surface area contributed by atoms with Crippen LogP contribution in [0.2, 0.25) is 0 Å². The van der Waals surface area contributed by atoms with E-state index in [1.54, 1.807) is 40.3 Å². The van der Waals surface area contributed by atoms with Crippen LogP contribution in [0, 0.1) is 5.92 Å². The third kappa shape index (κ3) is 3.35. The van der Waals surface area contributed by atoms with Crippen LogP contribution in [0.5, 0.6) is 11.5 Å². The van der Waals surface area contributed by atoms with Gasteiger partial charge in [-0.25, -0.2) is 4.98 Å². The highest BCUT2D eigenvalue weighted by Gasteiger charge is 2.42. The number of nitrogens with zero attached hydrogens (tertiary/aromatic N) is 3. The first-order valence-corrected chi connectivity index (χ1v) is 8.22. The molecule has 26 heavy (non-hydrogen) atoms. The van der Waals surface area contributed by atoms with Crippen molar-refractivity contribution in [3.05, 3.63) is 42.5 Å². The quantitative estimate of drug-likeness (QED) is 0.834. The number of methoxy groups -OCH3 is 2. The first kappa shape index (κ1) is 17.8. The number of rotatable bonds is 6. The zero-order valence-corrected chi connectivity index (χ0v) is 14.7. The molecule has 2 atom stereocenters. The van der Waals surface area contributed by atoms with Crippen LogP contribution in [0.1, 0.15) is 11.5 Å². The summed E-state index contributed by atoms with van der Waals surface area (Å²) in [5.41, 5.74) is 0.734. The zero-order valence-electron chi connectivity index (χ0n) is 14.7. The molecule has 1 fully saturated rings. The van der Waals surface area contributed by atoms with Gasteiger partial charge >= 0.3 is 5.97 Å². The van der Waals surface area contributed by atoms with Crippen LogP contribution in [-0.2, 0) is 16.1 Å². The number of hydrogen-bond acceptors (Lipinski definition) is 5. The number of carbonyl (C=O) groups is 2. The standard InChI is InChI=1S/C18H21N3O5/c1-25-15-5-3-4-12(17(15)26-2)13-8-21(9-14(13)18(23)24)16(22)10-20-7-6-19-11-20/h3-7,11,13-14H,8-10H2,1-2H3,(H,23,24)/t13-,14+/m0/s1. The number of imidazole rings is 1. The highest BCUT2D eigenvalue weighted by atomic mass is 16.5. The van der Waals surface area contributed by atoms with E-state index in [1.165, 1.54) is 14.2 Å². The molecule has 1 aliphatic rings. The van der Waals surface area contributed by atoms with Crippen LogP contribution in [0.15, 0.2) is 36.9 Å². The Balaban J connectivity index is 1.87. The molecular formula is C18H21N3O5. The molecule has 2 heterocycles. The molecule has 3 rings (SSSR count). The van der Waals surface area contributed by atoms with E-state index in [0.717, 1.165) is 5.56 Å². The van der Waals surface area contributed by atoms with Gasteiger partial charge in [0.1, 0.15) is 6.54 Å². The van der Waals surface area contributed by atoms with E-state index in [1.807, 2.05) is 6.07 Å². The van der Waals surface area contributed by atoms with Crippen molar-refractivity contribution in [1.82, 2.24) is 14.5 Å². The molecule has 1 aliphatic heterocycles. The molecule has 0 bridgehead atoms. The first-order valence-electron chi connectivity index (χ1n) is 8.22. The summed E-state index contributed by atoms with van der Waals surface area (Å²) < 4.78 is 12.4. The smallest absolute Gasteiger partial charge is 0.308 e. The summed E-state index contributed by atoms with van der Waals surface area (Å²) in [6.07, 6.45) is 4.86. The Morgan fingerprint density at radius 2 is 2.08 bits per heavy atom. The van der Waals surface area contributed by atoms with Gasteiger partial charge in [-0.05, 0) is 6.07 Å². The molecule has 0 radical (unpaired) electrons. The van der Waals surface area contributed by atoms with E-state index < -0.39 is 11.9 Å². The lowest BCUT2D eigenvalue weighted by molar-refractivity contribution is -0.141. The Labute approximate surface area is 151 Å². The zero-order chi connectivity index (χ0) is 18.7. The van der Waals surface area contributed by atoms with Gasteiger partial charge in [-0.3, -0.25) is 9.59 Å². The second-order valence-corrected chi connectivity index (χ2v) is 6.17. The molecule has 8 heteroatoms. The SMILES string of the molecule is COc1cccc([C@@H]2CN(C(=O)Cn3ccnc3)C[C@H]2C(=O)O)c1OC. The second kappa shape index (κ2) is 7.47. The fourth-order valence-corrected chi connectivity index (χ4v) is 3.41. The monoisotopic (exact) mass is 359 g/mol. The minimum absolute atomic E-state index is 0.133. The number of carboxylic acid groups (broad SMARTS) is 1. The molecule has 0 spiro atoms. The number of carboxylic acids is 1. The van der Waals surface area contributed by atoms with Crippen molar-refractivity contribution in [1.29, 1.82) is 0 Å². The van der Waals surface area contributed by atoms with Gasteiger partial charge in [0, 0.05) is 37.0 Å². The molecule has 8 nitrogen and oxygen atoms in total. The lowest BCUT2D eigenvalue weighted by Gasteiger charge is -2.20. The van der Waals surface area contributed by atoms with Crippen LogP contribution in [0.4, 0.5) is 0 Å². The predicted octanol–water partition coefficient (Wildman–Crippen LogP) is 1.23. The summed E-state index contributed by atoms with van der Waals surface area (Å²) in [4.78, 5) is 29.9. The number of hydrogen-bond donors (Lipinski definition) is 1. The molecular weight excluding hydrogens is 338 g/mol. The predicted molar refractivity (Wildman–Crippen MR) is 92.2 cm³/mol. The van der Waals surface area contributed by atoms with Gasteiger partial charge in [0.05, 0.1) is 26.5 Å². The van der Waals surface area contributed by atoms with E-state index in [4.69, 9.17) is 9.47 Å². The van der Waals surface area contributed by atoms with E-state index >= 15 is 0 Å². The number of ether oxygens (including phenoxy) is 2. The van der Waals surface area contributed by atoms with Gasteiger partial charge < -0.3 is 24.0 Å². The van der Waals surface area contributed by atoms with Crippen LogP contribution in [0.25, 0.3) is 0 Å². The number of aromatic nitrogens is 2. The summed E-state index contributed by atoms with van der Waals surface area (Å²) in [5.74, 6) is -1.10. The van der Waals surface area contributed by atoms with E-state index in [9.17, 15) is 14.7 Å². The molecule has 1 aromatic heterocycles. The maximum Gasteiger partial charge on any atom is 0.308 e. The van der Waals surface area contributed by atoms with Crippen molar-refractivity contribution in [3.63, 3.8) is 0 Å². The minimum Gasteiger partial charge on any atom is -0.493 e. The molecule has 1 amide bonds. The molecule has 0 aliphatic carbocycles. The molecule has 0 saturated carbocycles. The summed E-state index contributed by atoms with van der Waals surface area (Å²) in [5, 5.41) is 9.67. The van der Waals surface area contributed by atoms with E-state index in [2.05, 4.69) is 4.98 Å². The Bertz CT molecular complexity index is 790. The van der Waals surface area contributed by atoms with Crippen molar-refractivity contribution in [2.75, 3.05) is 27.3 Å². The van der Waals surface area contributed by atoms with Crippen molar-refractivity contribution < 1.29 is 24.2 Å². The average Bonchev–Trinajstić information content (AvgIpc) is 3.30. The van der Waals surface area contributed by atoms with Gasteiger partial charge in [-0.15, -0.1) is 0 Å². The number of carbonyl (C=O) groups excluding carboxylic acids is 1. The van der Waals surface area contributed by atoms with Gasteiger partial charge in [0.25, 0.3) is 0 Å². The van der Waals surface area contributed by atoms with Crippen molar-refractivity contribution in [3.8, 4) is 11.5 Å². The van der Waals surface area contributed by atoms with E-state index in [-0.39, 0.29) is 24.9 Å². The summed E-state index contributed by atoms with van der Waals surface area (Å²) in [6.45, 7) is 0.607. The Kier molecular flexibility index (Phi) is 5.11. The topological polar surface area (TPSA) is 93.9 Å². The number of aliphatic carboxylic acids is 1. The lowest BCUT2D eigenvalue weighted by Crippen LogP contribution is -2.32. The highest BCUT2D eigenvalue weighted by molar-refractivity contribution is 5.79. The minimum atomic E-state index is -0.933. The number of benzene rings is 1. The normalized spacial score (nSPS) is 19.4. The number of para-hydroxylation sites is 1. The third-order valence-corrected chi connectivity index (χ3v) is 4.70. The highest BCUT2D eigenvalue weighted by Crippen LogP contribution is 2.41. The fraction of sp³-hybridized carbons (Fsp3) is 0.389. The largest absolute Gasteiger partial charge is 0.493 e. The fourth-order valence-electron chi connectivity index (χ4n) is 3.41. The number of amides is 1. The number of likely N-dealkylation sites (tertiary alicyclic amines) is 1. The molecule has 1 aromatic carbocycles. The lowest BCUT2D eigenvalue weighted by atomic mass is 9.88. The van der Waals surface area contributed by atoms with Crippen LogP contribution in [0.3, 0.4) is 0 Å². The van der Waals surface area contributed by atoms with Crippen molar-refractivity contribution in [2.45, 2.75) is 12.5 Å². The second-order valence-electron chi connectivity index (χ2n) is 6.17. The summed E-state index contributed by atoms with van der Waals surface area (Å²) in [6, 6.07) is 5.38. The molecule has 1 N–H and O–H groups in total. The Morgan fingerprint density at radius 1 is 1.27 bits per heavy atom. The van der Waals surface area contributed by atoms with Crippen LogP contribution < -0.4 is 9.47 Å². The molecule has 0 unspecified atom stereocenters. The van der Waals surface area contributed by atoms with Gasteiger partial charge in [0.15, 0.2) is 11.5 Å². The summed E-state index contributed by atoms with van der Waals surface area (Å²) >= 11 is 0. The van der Waals surface area contributed by atoms with E-state index in [0.29, 0.717) is 18.0 Å². The van der Waals surface area contributed by atoms with Gasteiger partial charge in [-0.1, -0.05) is 12.1 Å². The van der Waals surface area contributed by atoms with Crippen LogP contribution >= 0.6 is 0 Å². The third-order valence-electron chi connectivity index (χ3n) is 4.70.